The van der Waals surface area contributed by atoms with Gasteiger partial charge in [-0.15, -0.1) is 24.0 Å². The summed E-state index contributed by atoms with van der Waals surface area (Å²) in [4.78, 5) is 8.55. The molecule has 23 heavy (non-hydrogen) atoms. The van der Waals surface area contributed by atoms with Gasteiger partial charge in [-0.1, -0.05) is 0 Å². The summed E-state index contributed by atoms with van der Waals surface area (Å²) in [6, 6.07) is 5.51. The lowest BCUT2D eigenvalue weighted by atomic mass is 10.3. The van der Waals surface area contributed by atoms with E-state index in [1.54, 1.807) is 14.2 Å². The molecule has 0 heterocycles. The van der Waals surface area contributed by atoms with Crippen LogP contribution in [0.4, 0.5) is 0 Å². The van der Waals surface area contributed by atoms with Crippen molar-refractivity contribution in [1.82, 2.24) is 9.80 Å². The molecule has 0 fully saturated rings. The Hall–Kier alpha value is -1.38. The number of guanidine groups is 1. The molecule has 1 aromatic rings. The number of aliphatic imine (C=N–C) groups is 1. The van der Waals surface area contributed by atoms with Gasteiger partial charge in [-0.25, -0.2) is 0 Å². The van der Waals surface area contributed by atoms with E-state index in [-0.39, 0.29) is 24.0 Å². The Labute approximate surface area is 156 Å². The Bertz CT molecular complexity index is 461. The van der Waals surface area contributed by atoms with Crippen LogP contribution in [0.15, 0.2) is 23.2 Å². The van der Waals surface area contributed by atoms with Crippen LogP contribution in [0.2, 0.25) is 0 Å². The average Bonchev–Trinajstić information content (AvgIpc) is 2.49. The number of nitrogens with zero attached hydrogens (tertiary/aromatic N) is 3. The maximum absolute atomic E-state index is 5.74. The molecule has 0 amide bonds. The molecular formula is C16H28IN3O3. The summed E-state index contributed by atoms with van der Waals surface area (Å²) in [5.41, 5.74) is 0. The third-order valence-electron chi connectivity index (χ3n) is 2.95. The van der Waals surface area contributed by atoms with Gasteiger partial charge in [0.05, 0.1) is 20.8 Å². The number of ether oxygens (including phenoxy) is 3. The number of hydrogen-bond acceptors (Lipinski definition) is 4. The second-order valence-corrected chi connectivity index (χ2v) is 5.22. The van der Waals surface area contributed by atoms with Crippen molar-refractivity contribution in [2.45, 2.75) is 6.42 Å². The first-order chi connectivity index (χ1) is 10.5. The van der Waals surface area contributed by atoms with Crippen LogP contribution in [0.25, 0.3) is 0 Å². The van der Waals surface area contributed by atoms with Gasteiger partial charge in [0, 0.05) is 59.4 Å². The van der Waals surface area contributed by atoms with Crippen molar-refractivity contribution in [2.24, 2.45) is 4.99 Å². The highest BCUT2D eigenvalue weighted by Gasteiger charge is 2.04. The van der Waals surface area contributed by atoms with Gasteiger partial charge < -0.3 is 24.0 Å². The van der Waals surface area contributed by atoms with E-state index in [2.05, 4.69) is 4.99 Å². The van der Waals surface area contributed by atoms with Gasteiger partial charge in [0.15, 0.2) is 5.96 Å². The molecule has 0 radical (unpaired) electrons. The van der Waals surface area contributed by atoms with Crippen molar-refractivity contribution in [3.8, 4) is 17.2 Å². The van der Waals surface area contributed by atoms with Gasteiger partial charge in [-0.3, -0.25) is 4.99 Å². The Morgan fingerprint density at radius 1 is 0.913 bits per heavy atom. The van der Waals surface area contributed by atoms with Gasteiger partial charge in [0.1, 0.15) is 17.2 Å². The Morgan fingerprint density at radius 2 is 1.39 bits per heavy atom. The summed E-state index contributed by atoms with van der Waals surface area (Å²) in [6.45, 7) is 1.31. The van der Waals surface area contributed by atoms with E-state index in [1.807, 2.05) is 56.2 Å². The Balaban J connectivity index is 0.00000484. The van der Waals surface area contributed by atoms with E-state index in [4.69, 9.17) is 14.2 Å². The van der Waals surface area contributed by atoms with E-state index in [0.29, 0.717) is 13.2 Å². The predicted octanol–water partition coefficient (Wildman–Crippen LogP) is 2.57. The molecule has 0 atom stereocenters. The molecule has 0 aromatic heterocycles. The van der Waals surface area contributed by atoms with E-state index in [1.165, 1.54) is 0 Å². The van der Waals surface area contributed by atoms with Crippen LogP contribution < -0.4 is 14.2 Å². The minimum absolute atomic E-state index is 0. The van der Waals surface area contributed by atoms with Crippen molar-refractivity contribution in [1.29, 1.82) is 0 Å². The second-order valence-electron chi connectivity index (χ2n) is 5.22. The van der Waals surface area contributed by atoms with Crippen molar-refractivity contribution in [2.75, 3.05) is 55.6 Å². The maximum atomic E-state index is 5.74. The summed E-state index contributed by atoms with van der Waals surface area (Å²) in [6.07, 6.45) is 0.838. The summed E-state index contributed by atoms with van der Waals surface area (Å²) in [5, 5.41) is 0. The van der Waals surface area contributed by atoms with Crippen LogP contribution in [0, 0.1) is 0 Å². The quantitative estimate of drug-likeness (QED) is 0.284. The van der Waals surface area contributed by atoms with Gasteiger partial charge in [0.2, 0.25) is 0 Å². The third-order valence-corrected chi connectivity index (χ3v) is 2.95. The molecule has 0 bridgehead atoms. The lowest BCUT2D eigenvalue weighted by molar-refractivity contribution is 0.307. The minimum Gasteiger partial charge on any atom is -0.496 e. The lowest BCUT2D eigenvalue weighted by Gasteiger charge is -2.22. The van der Waals surface area contributed by atoms with Gasteiger partial charge >= 0.3 is 0 Å². The molecule has 7 heteroatoms. The van der Waals surface area contributed by atoms with Crippen molar-refractivity contribution >= 4 is 29.9 Å². The predicted molar refractivity (Wildman–Crippen MR) is 105 cm³/mol. The highest BCUT2D eigenvalue weighted by Crippen LogP contribution is 2.27. The van der Waals surface area contributed by atoms with Crippen molar-refractivity contribution in [3.63, 3.8) is 0 Å². The molecule has 132 valence electrons. The van der Waals surface area contributed by atoms with Gasteiger partial charge in [-0.05, 0) is 0 Å². The number of halogens is 1. The fourth-order valence-corrected chi connectivity index (χ4v) is 1.98. The standard InChI is InChI=1S/C16H27N3O3.HI/c1-18(2)16(19(3)4)17-8-7-9-22-15-11-13(20-5)10-14(12-15)21-6;/h10-12H,7-9H2,1-6H3;1H. The largest absolute Gasteiger partial charge is 0.496 e. The minimum atomic E-state index is 0. The zero-order valence-corrected chi connectivity index (χ0v) is 17.2. The second kappa shape index (κ2) is 11.2. The normalized spacial score (nSPS) is 9.48. The summed E-state index contributed by atoms with van der Waals surface area (Å²) >= 11 is 0. The maximum Gasteiger partial charge on any atom is 0.195 e. The first-order valence-electron chi connectivity index (χ1n) is 7.23. The number of hydrogen-bond donors (Lipinski definition) is 0. The molecule has 0 saturated heterocycles. The highest BCUT2D eigenvalue weighted by atomic mass is 127. The lowest BCUT2D eigenvalue weighted by Crippen LogP contribution is -2.35. The van der Waals surface area contributed by atoms with Crippen LogP contribution in [0.3, 0.4) is 0 Å². The van der Waals surface area contributed by atoms with E-state index >= 15 is 0 Å². The molecule has 1 rings (SSSR count). The van der Waals surface area contributed by atoms with Crippen LogP contribution in [-0.2, 0) is 0 Å². The van der Waals surface area contributed by atoms with Crippen molar-refractivity contribution < 1.29 is 14.2 Å². The molecular weight excluding hydrogens is 409 g/mol. The number of methoxy groups -OCH3 is 2. The summed E-state index contributed by atoms with van der Waals surface area (Å²) in [7, 11) is 11.2. The number of benzene rings is 1. The van der Waals surface area contributed by atoms with Crippen LogP contribution >= 0.6 is 24.0 Å². The third kappa shape index (κ3) is 7.62. The van der Waals surface area contributed by atoms with Gasteiger partial charge in [-0.2, -0.15) is 0 Å². The zero-order valence-electron chi connectivity index (χ0n) is 14.8. The van der Waals surface area contributed by atoms with Gasteiger partial charge in [0.25, 0.3) is 0 Å². The SMILES string of the molecule is COc1cc(OC)cc(OCCCN=C(N(C)C)N(C)C)c1.I. The molecule has 0 saturated carbocycles. The monoisotopic (exact) mass is 437 g/mol. The number of rotatable bonds is 7. The molecule has 0 unspecified atom stereocenters. The fraction of sp³-hybridized carbons (Fsp3) is 0.562. The zero-order chi connectivity index (χ0) is 16.5. The molecule has 1 aromatic carbocycles. The molecule has 0 aliphatic carbocycles. The van der Waals surface area contributed by atoms with Crippen LogP contribution in [-0.4, -0.2) is 71.3 Å². The molecule has 0 aliphatic heterocycles. The Kier molecular flexibility index (Phi) is 10.5. The molecule has 0 aliphatic rings. The van der Waals surface area contributed by atoms with Crippen LogP contribution in [0.1, 0.15) is 6.42 Å². The average molecular weight is 437 g/mol. The van der Waals surface area contributed by atoms with Crippen LogP contribution in [0.5, 0.6) is 17.2 Å². The fourth-order valence-electron chi connectivity index (χ4n) is 1.98. The smallest absolute Gasteiger partial charge is 0.195 e. The Morgan fingerprint density at radius 3 is 1.83 bits per heavy atom. The van der Waals surface area contributed by atoms with Crippen molar-refractivity contribution in [3.05, 3.63) is 18.2 Å². The highest BCUT2D eigenvalue weighted by molar-refractivity contribution is 14.0. The van der Waals surface area contributed by atoms with E-state index in [9.17, 15) is 0 Å². The first-order valence-corrected chi connectivity index (χ1v) is 7.23. The summed E-state index contributed by atoms with van der Waals surface area (Å²) < 4.78 is 16.2. The first kappa shape index (κ1) is 21.6. The molecule has 0 N–H and O–H groups in total. The van der Waals surface area contributed by atoms with E-state index in [0.717, 1.165) is 29.6 Å². The molecule has 6 nitrogen and oxygen atoms in total. The topological polar surface area (TPSA) is 46.5 Å². The summed E-state index contributed by atoms with van der Waals surface area (Å²) in [5.74, 6) is 3.12. The van der Waals surface area contributed by atoms with E-state index < -0.39 is 0 Å². The molecule has 0 spiro atoms.